The summed E-state index contributed by atoms with van der Waals surface area (Å²) in [6.07, 6.45) is 3.53. The van der Waals surface area contributed by atoms with Crippen LogP contribution in [0.1, 0.15) is 41.5 Å². The number of esters is 1. The highest BCUT2D eigenvalue weighted by molar-refractivity contribution is 7.10. The van der Waals surface area contributed by atoms with Gasteiger partial charge in [0.05, 0.1) is 18.3 Å². The smallest absolute Gasteiger partial charge is 0.343 e. The quantitative estimate of drug-likeness (QED) is 0.857. The summed E-state index contributed by atoms with van der Waals surface area (Å²) in [5.74, 6) is -0.334. The van der Waals surface area contributed by atoms with Gasteiger partial charge in [-0.25, -0.2) is 4.79 Å². The van der Waals surface area contributed by atoms with Gasteiger partial charge in [-0.05, 0) is 43.9 Å². The molecule has 1 N–H and O–H groups in total. The van der Waals surface area contributed by atoms with Crippen LogP contribution in [-0.2, 0) is 4.74 Å². The van der Waals surface area contributed by atoms with Crippen molar-refractivity contribution < 1.29 is 9.53 Å². The first-order valence-electron chi connectivity index (χ1n) is 6.43. The third-order valence-corrected chi connectivity index (χ3v) is 3.74. The molecule has 0 spiro atoms. The van der Waals surface area contributed by atoms with Crippen LogP contribution in [0.15, 0.2) is 24.5 Å². The molecule has 6 heteroatoms. The van der Waals surface area contributed by atoms with Crippen LogP contribution >= 0.6 is 11.5 Å². The van der Waals surface area contributed by atoms with Crippen LogP contribution < -0.4 is 5.32 Å². The molecule has 0 aliphatic rings. The maximum atomic E-state index is 12.0. The zero-order valence-electron chi connectivity index (χ0n) is 11.7. The van der Waals surface area contributed by atoms with E-state index in [1.807, 2.05) is 26.0 Å². The van der Waals surface area contributed by atoms with Gasteiger partial charge in [-0.2, -0.15) is 4.37 Å². The van der Waals surface area contributed by atoms with Crippen LogP contribution in [0.4, 0.5) is 5.00 Å². The monoisotopic (exact) mass is 291 g/mol. The highest BCUT2D eigenvalue weighted by Crippen LogP contribution is 2.29. The molecule has 20 heavy (non-hydrogen) atoms. The molecule has 2 aromatic heterocycles. The number of carbonyl (C=O) groups excluding carboxylic acids is 1. The summed E-state index contributed by atoms with van der Waals surface area (Å²) in [6, 6.07) is 3.91. The predicted molar refractivity (Wildman–Crippen MR) is 79.1 cm³/mol. The van der Waals surface area contributed by atoms with E-state index in [2.05, 4.69) is 14.7 Å². The molecule has 0 radical (unpaired) electrons. The summed E-state index contributed by atoms with van der Waals surface area (Å²) < 4.78 is 9.30. The van der Waals surface area contributed by atoms with Crippen LogP contribution in [0, 0.1) is 6.92 Å². The van der Waals surface area contributed by atoms with E-state index in [-0.39, 0.29) is 12.0 Å². The van der Waals surface area contributed by atoms with Crippen molar-refractivity contribution in [1.82, 2.24) is 9.36 Å². The molecule has 0 aromatic carbocycles. The van der Waals surface area contributed by atoms with Gasteiger partial charge >= 0.3 is 5.97 Å². The second kappa shape index (κ2) is 6.47. The van der Waals surface area contributed by atoms with Crippen LogP contribution in [0.25, 0.3) is 0 Å². The van der Waals surface area contributed by atoms with E-state index in [1.54, 1.807) is 19.3 Å². The summed E-state index contributed by atoms with van der Waals surface area (Å²) in [5.41, 5.74) is 2.26. The number of aromatic nitrogens is 2. The van der Waals surface area contributed by atoms with E-state index < -0.39 is 0 Å². The Morgan fingerprint density at radius 1 is 1.55 bits per heavy atom. The first-order chi connectivity index (χ1) is 9.63. The lowest BCUT2D eigenvalue weighted by molar-refractivity contribution is 0.0527. The van der Waals surface area contributed by atoms with Crippen LogP contribution in [0.2, 0.25) is 0 Å². The fraction of sp³-hybridized carbons (Fsp3) is 0.357. The molecule has 0 amide bonds. The highest BCUT2D eigenvalue weighted by Gasteiger charge is 2.21. The molecule has 106 valence electrons. The number of hydrogen-bond donors (Lipinski definition) is 1. The van der Waals surface area contributed by atoms with E-state index >= 15 is 0 Å². The summed E-state index contributed by atoms with van der Waals surface area (Å²) in [4.78, 5) is 16.1. The van der Waals surface area contributed by atoms with E-state index in [1.165, 1.54) is 11.5 Å². The predicted octanol–water partition coefficient (Wildman–Crippen LogP) is 3.20. The average molecular weight is 291 g/mol. The Morgan fingerprint density at radius 3 is 3.00 bits per heavy atom. The third kappa shape index (κ3) is 3.14. The molecule has 0 saturated heterocycles. The number of aryl methyl sites for hydroxylation is 1. The van der Waals surface area contributed by atoms with Crippen molar-refractivity contribution in [1.29, 1.82) is 0 Å². The molecule has 0 bridgehead atoms. The van der Waals surface area contributed by atoms with E-state index in [0.717, 1.165) is 10.6 Å². The first-order valence-corrected chi connectivity index (χ1v) is 7.20. The fourth-order valence-electron chi connectivity index (χ4n) is 1.82. The van der Waals surface area contributed by atoms with Crippen LogP contribution in [0.3, 0.4) is 0 Å². The molecular formula is C14H17N3O2S. The molecule has 0 saturated carbocycles. The van der Waals surface area contributed by atoms with Gasteiger partial charge < -0.3 is 10.1 Å². The van der Waals surface area contributed by atoms with E-state index in [4.69, 9.17) is 4.74 Å². The Balaban J connectivity index is 2.20. The lowest BCUT2D eigenvalue weighted by Crippen LogP contribution is -2.11. The minimum atomic E-state index is -0.334. The second-order valence-corrected chi connectivity index (χ2v) is 5.12. The number of rotatable bonds is 5. The Labute approximate surface area is 122 Å². The number of nitrogens with one attached hydrogen (secondary N) is 1. The summed E-state index contributed by atoms with van der Waals surface area (Å²) in [5, 5.41) is 4.04. The second-order valence-electron chi connectivity index (χ2n) is 4.34. The molecule has 5 nitrogen and oxygen atoms in total. The van der Waals surface area contributed by atoms with Crippen molar-refractivity contribution in [2.75, 3.05) is 11.9 Å². The van der Waals surface area contributed by atoms with Crippen molar-refractivity contribution in [3.63, 3.8) is 0 Å². The third-order valence-electron chi connectivity index (χ3n) is 2.87. The SMILES string of the molecule is CCOC(=O)c1c(C)nsc1NC(C)c1cccnc1. The summed E-state index contributed by atoms with van der Waals surface area (Å²) in [6.45, 7) is 5.97. The van der Waals surface area contributed by atoms with Crippen molar-refractivity contribution in [2.24, 2.45) is 0 Å². The average Bonchev–Trinajstić information content (AvgIpc) is 2.81. The van der Waals surface area contributed by atoms with Gasteiger partial charge in [0, 0.05) is 12.4 Å². The number of ether oxygens (including phenoxy) is 1. The van der Waals surface area contributed by atoms with Crippen molar-refractivity contribution in [3.05, 3.63) is 41.3 Å². The lowest BCUT2D eigenvalue weighted by Gasteiger charge is -2.14. The molecule has 0 fully saturated rings. The Bertz CT molecular complexity index is 583. The molecular weight excluding hydrogens is 274 g/mol. The summed E-state index contributed by atoms with van der Waals surface area (Å²) >= 11 is 1.27. The Hall–Kier alpha value is -1.95. The molecule has 0 aliphatic heterocycles. The van der Waals surface area contributed by atoms with Crippen LogP contribution in [-0.4, -0.2) is 21.9 Å². The maximum Gasteiger partial charge on any atom is 0.343 e. The van der Waals surface area contributed by atoms with Crippen molar-refractivity contribution in [2.45, 2.75) is 26.8 Å². The van der Waals surface area contributed by atoms with Gasteiger partial charge in [0.1, 0.15) is 10.6 Å². The number of nitrogens with zero attached hydrogens (tertiary/aromatic N) is 2. The Morgan fingerprint density at radius 2 is 2.35 bits per heavy atom. The number of pyridine rings is 1. The van der Waals surface area contributed by atoms with E-state index in [9.17, 15) is 4.79 Å². The molecule has 0 aliphatic carbocycles. The largest absolute Gasteiger partial charge is 0.462 e. The molecule has 2 heterocycles. The Kier molecular flexibility index (Phi) is 4.68. The summed E-state index contributed by atoms with van der Waals surface area (Å²) in [7, 11) is 0. The standard InChI is InChI=1S/C14H17N3O2S/c1-4-19-14(18)12-10(3)17-20-13(12)16-9(2)11-6-5-7-15-8-11/h5-9,16H,4H2,1-3H3. The highest BCUT2D eigenvalue weighted by atomic mass is 32.1. The minimum Gasteiger partial charge on any atom is -0.462 e. The molecule has 2 aromatic rings. The number of carbonyl (C=O) groups is 1. The van der Waals surface area contributed by atoms with Crippen molar-refractivity contribution >= 4 is 22.5 Å². The van der Waals surface area contributed by atoms with E-state index in [0.29, 0.717) is 17.9 Å². The normalized spacial score (nSPS) is 11.9. The topological polar surface area (TPSA) is 64.1 Å². The maximum absolute atomic E-state index is 12.0. The van der Waals surface area contributed by atoms with Crippen molar-refractivity contribution in [3.8, 4) is 0 Å². The molecule has 2 rings (SSSR count). The lowest BCUT2D eigenvalue weighted by atomic mass is 10.1. The fourth-order valence-corrected chi connectivity index (χ4v) is 2.70. The van der Waals surface area contributed by atoms with Gasteiger partial charge in [-0.1, -0.05) is 6.07 Å². The van der Waals surface area contributed by atoms with Gasteiger partial charge in [0.2, 0.25) is 0 Å². The number of hydrogen-bond acceptors (Lipinski definition) is 6. The number of anilines is 1. The zero-order valence-corrected chi connectivity index (χ0v) is 12.5. The van der Waals surface area contributed by atoms with Gasteiger partial charge in [0.25, 0.3) is 0 Å². The molecule has 1 atom stereocenters. The minimum absolute atomic E-state index is 0.0386. The van der Waals surface area contributed by atoms with Gasteiger partial charge in [0.15, 0.2) is 0 Å². The van der Waals surface area contributed by atoms with Crippen LogP contribution in [0.5, 0.6) is 0 Å². The zero-order chi connectivity index (χ0) is 14.5. The molecule has 1 unspecified atom stereocenters. The first kappa shape index (κ1) is 14.5. The van der Waals surface area contributed by atoms with Gasteiger partial charge in [-0.3, -0.25) is 4.98 Å². The van der Waals surface area contributed by atoms with Gasteiger partial charge in [-0.15, -0.1) is 0 Å².